The highest BCUT2D eigenvalue weighted by Gasteiger charge is 2.66. The molecule has 0 heterocycles. The van der Waals surface area contributed by atoms with E-state index in [2.05, 4.69) is 0 Å². The fourth-order valence-corrected chi connectivity index (χ4v) is 11.9. The van der Waals surface area contributed by atoms with E-state index in [9.17, 15) is 69.6 Å². The van der Waals surface area contributed by atoms with Crippen molar-refractivity contribution < 1.29 is 69.6 Å². The monoisotopic (exact) mass is 976 g/mol. The van der Waals surface area contributed by atoms with Gasteiger partial charge in [-0.05, 0) is 128 Å². The van der Waals surface area contributed by atoms with E-state index in [0.29, 0.717) is 34.8 Å². The standard InChI is InChI=1S/C24H28ClN3O7.C24H29N3O7/c1-27(2)8-10-7-13(29)15-11(17(10)25)5-9-6-12-18(28(3)4)20(31)16(23(26)34)22(33)24(12,35)21(32)14(9)19(15)30;1-26(2)9-10-5-11-7-12-8-13-18(27(3)4)20(30)17(23(25)33)22(32)24(13,34)21(31)16(12)19(29)15(11)14(28)6-10/h7,9,12,18,29-30,33,35H,5-6,8H2,1-4H3,(H2,26,34);5-6,12-13,18,28-29,32,34H,7-9H2,1-4H3,(H2,25,33)/t9-,12-,18-,24-;12-,13-,18-,24-/m00/s1. The second-order valence-electron chi connectivity index (χ2n) is 19.8. The lowest BCUT2D eigenvalue weighted by Crippen LogP contribution is -2.65. The Bertz CT molecular complexity index is 2790. The number of nitrogens with two attached hydrogens (primary N) is 2. The maximum Gasteiger partial charge on any atom is 0.255 e. The Kier molecular flexibility index (Phi) is 13.0. The molecule has 69 heavy (non-hydrogen) atoms. The number of nitrogens with zero attached hydrogens (tertiary/aromatic N) is 4. The molecule has 0 radical (unpaired) electrons. The summed E-state index contributed by atoms with van der Waals surface area (Å²) in [5.41, 5.74) is 5.95. The summed E-state index contributed by atoms with van der Waals surface area (Å²) in [6, 6.07) is 2.55. The zero-order chi connectivity index (χ0) is 51.4. The Morgan fingerprint density at radius 3 is 1.48 bits per heavy atom. The van der Waals surface area contributed by atoms with Crippen molar-refractivity contribution in [1.29, 1.82) is 0 Å². The third-order valence-corrected chi connectivity index (χ3v) is 14.8. The molecule has 0 aromatic heterocycles. The van der Waals surface area contributed by atoms with Crippen LogP contribution in [-0.4, -0.2) is 175 Å². The molecule has 12 N–H and O–H groups in total. The summed E-state index contributed by atoms with van der Waals surface area (Å²) < 4.78 is 0. The fourth-order valence-electron chi connectivity index (χ4n) is 11.6. The minimum atomic E-state index is -2.66. The normalized spacial score (nSPS) is 28.6. The number of hydrogen-bond donors (Lipinski definition) is 10. The molecule has 6 aliphatic carbocycles. The van der Waals surface area contributed by atoms with E-state index < -0.39 is 116 Å². The van der Waals surface area contributed by atoms with Crippen molar-refractivity contribution in [3.8, 4) is 11.5 Å². The summed E-state index contributed by atoms with van der Waals surface area (Å²) in [6.45, 7) is 0.977. The first-order valence-corrected chi connectivity index (χ1v) is 22.4. The number of fused-ring (bicyclic) bond motifs is 6. The summed E-state index contributed by atoms with van der Waals surface area (Å²) >= 11 is 6.65. The smallest absolute Gasteiger partial charge is 0.255 e. The van der Waals surface area contributed by atoms with Crippen LogP contribution < -0.4 is 11.5 Å². The van der Waals surface area contributed by atoms with E-state index in [4.69, 9.17) is 23.1 Å². The van der Waals surface area contributed by atoms with Crippen LogP contribution in [0.15, 0.2) is 52.0 Å². The molecule has 0 unspecified atom stereocenters. The Hall–Kier alpha value is -6.13. The van der Waals surface area contributed by atoms with Crippen molar-refractivity contribution in [3.63, 3.8) is 0 Å². The topological polar surface area (TPSA) is 329 Å². The Labute approximate surface area is 401 Å². The fraction of sp³-hybridized carbons (Fsp3) is 0.458. The van der Waals surface area contributed by atoms with Gasteiger partial charge in [0.2, 0.25) is 11.6 Å². The molecule has 21 heteroatoms. The number of hydrogen-bond acceptors (Lipinski definition) is 18. The molecule has 0 aliphatic heterocycles. The maximum absolute atomic E-state index is 13.7. The SMILES string of the molecule is CN(C)Cc1cc(O)c2c(c1)C[C@H]1C[C@H]3[C@H](N(C)C)C(=O)C(C(N)=O)=C(O)[C@@]3(O)C(=O)C1=C2O.CN(C)Cc1cc(O)c2c(c1Cl)C[C@H]1C[C@H]3[C@H](N(C)C)C(=O)C(C(N)=O)=C(O)[C@@]3(O)C(=O)C1=C2O. The zero-order valence-electron chi connectivity index (χ0n) is 39.3. The van der Waals surface area contributed by atoms with Crippen molar-refractivity contribution in [1.82, 2.24) is 19.6 Å². The number of aromatic hydroxyl groups is 2. The number of aliphatic hydroxyl groups is 6. The lowest BCUT2D eigenvalue weighted by Gasteiger charge is -2.50. The number of carbonyl (C=O) groups is 6. The Morgan fingerprint density at radius 2 is 1.06 bits per heavy atom. The number of likely N-dealkylation sites (N-methyl/N-ethyl adjacent to an activating group) is 2. The highest BCUT2D eigenvalue weighted by molar-refractivity contribution is 6.33. The molecule has 8 rings (SSSR count). The first kappa shape index (κ1) is 50.7. The van der Waals surface area contributed by atoms with Gasteiger partial charge in [-0.25, -0.2) is 0 Å². The molecule has 370 valence electrons. The summed E-state index contributed by atoms with van der Waals surface area (Å²) in [6.07, 6.45) is 0.525. The van der Waals surface area contributed by atoms with Gasteiger partial charge in [-0.1, -0.05) is 17.7 Å². The number of carbonyl (C=O) groups excluding carboxylic acids is 6. The first-order chi connectivity index (χ1) is 32.0. The lowest BCUT2D eigenvalue weighted by molar-refractivity contribution is -0.155. The predicted molar refractivity (Wildman–Crippen MR) is 248 cm³/mol. The quantitative estimate of drug-likeness (QED) is 0.163. The van der Waals surface area contributed by atoms with Crippen LogP contribution in [0.3, 0.4) is 0 Å². The van der Waals surface area contributed by atoms with Crippen LogP contribution >= 0.6 is 11.6 Å². The molecule has 2 aromatic carbocycles. The number of aliphatic hydroxyl groups excluding tert-OH is 4. The van der Waals surface area contributed by atoms with Gasteiger partial charge in [0.25, 0.3) is 11.8 Å². The Morgan fingerprint density at radius 1 is 0.638 bits per heavy atom. The minimum absolute atomic E-state index is 0.0146. The second kappa shape index (κ2) is 17.7. The van der Waals surface area contributed by atoms with Gasteiger partial charge < -0.3 is 62.1 Å². The molecule has 2 fully saturated rings. The molecule has 20 nitrogen and oxygen atoms in total. The maximum atomic E-state index is 13.7. The number of halogens is 1. The molecule has 0 spiro atoms. The number of ketones is 4. The van der Waals surface area contributed by atoms with E-state index >= 15 is 0 Å². The molecule has 6 aliphatic rings. The number of primary amides is 2. The largest absolute Gasteiger partial charge is 0.508 e. The lowest BCUT2D eigenvalue weighted by atomic mass is 9.57. The van der Waals surface area contributed by atoms with Crippen LogP contribution in [-0.2, 0) is 54.7 Å². The highest BCUT2D eigenvalue weighted by atomic mass is 35.5. The summed E-state index contributed by atoms with van der Waals surface area (Å²) in [4.78, 5) is 84.3. The third kappa shape index (κ3) is 7.69. The highest BCUT2D eigenvalue weighted by Crippen LogP contribution is 2.55. The van der Waals surface area contributed by atoms with Crippen molar-refractivity contribution in [3.05, 3.63) is 90.4 Å². The van der Waals surface area contributed by atoms with Gasteiger partial charge in [0.15, 0.2) is 22.8 Å². The van der Waals surface area contributed by atoms with E-state index in [1.165, 1.54) is 21.9 Å². The van der Waals surface area contributed by atoms with Crippen molar-refractivity contribution in [2.45, 2.75) is 62.1 Å². The second-order valence-corrected chi connectivity index (χ2v) is 20.1. The van der Waals surface area contributed by atoms with E-state index in [-0.39, 0.29) is 59.5 Å². The molecule has 0 saturated heterocycles. The van der Waals surface area contributed by atoms with Crippen LogP contribution in [0.25, 0.3) is 11.5 Å². The number of benzene rings is 2. The molecule has 0 bridgehead atoms. The van der Waals surface area contributed by atoms with Crippen LogP contribution in [0, 0.1) is 23.7 Å². The molecule has 2 amide bonds. The van der Waals surface area contributed by atoms with E-state index in [1.54, 1.807) is 28.2 Å². The average Bonchev–Trinajstić information content (AvgIpc) is 3.21. The van der Waals surface area contributed by atoms with Crippen LogP contribution in [0.4, 0.5) is 0 Å². The summed E-state index contributed by atoms with van der Waals surface area (Å²) in [7, 11) is 13.7. The number of rotatable bonds is 8. The zero-order valence-corrected chi connectivity index (χ0v) is 40.0. The van der Waals surface area contributed by atoms with Gasteiger partial charge >= 0.3 is 0 Å². The van der Waals surface area contributed by atoms with Crippen LogP contribution in [0.5, 0.6) is 11.5 Å². The number of Topliss-reactive ketones (excluding diaryl/α,β-unsaturated/α-hetero) is 4. The van der Waals surface area contributed by atoms with Gasteiger partial charge in [-0.2, -0.15) is 0 Å². The molecule has 8 atom stereocenters. The third-order valence-electron chi connectivity index (χ3n) is 14.3. The van der Waals surface area contributed by atoms with Gasteiger partial charge in [-0.15, -0.1) is 0 Å². The number of phenols is 2. The number of amides is 2. The van der Waals surface area contributed by atoms with Crippen molar-refractivity contribution >= 4 is 58.1 Å². The van der Waals surface area contributed by atoms with Crippen LogP contribution in [0.1, 0.15) is 46.2 Å². The van der Waals surface area contributed by atoms with Gasteiger partial charge in [0, 0.05) is 41.1 Å². The van der Waals surface area contributed by atoms with Crippen LogP contribution in [0.2, 0.25) is 5.02 Å². The Balaban J connectivity index is 0.000000204. The van der Waals surface area contributed by atoms with Gasteiger partial charge in [0.05, 0.1) is 23.2 Å². The average molecular weight is 977 g/mol. The summed E-state index contributed by atoms with van der Waals surface area (Å²) in [5.74, 6) is -13.3. The van der Waals surface area contributed by atoms with Gasteiger partial charge in [-0.3, -0.25) is 38.6 Å². The first-order valence-electron chi connectivity index (χ1n) is 22.0. The number of phenolic OH excluding ortho intramolecular Hbond substituents is 2. The van der Waals surface area contributed by atoms with E-state index in [0.717, 1.165) is 5.56 Å². The molecular formula is C48H57ClN6O14. The van der Waals surface area contributed by atoms with E-state index in [1.807, 2.05) is 44.1 Å². The minimum Gasteiger partial charge on any atom is -0.508 e. The molecule has 2 saturated carbocycles. The predicted octanol–water partition coefficient (Wildman–Crippen LogP) is 0.705. The van der Waals surface area contributed by atoms with Crippen molar-refractivity contribution in [2.24, 2.45) is 35.1 Å². The van der Waals surface area contributed by atoms with Gasteiger partial charge in [0.1, 0.15) is 45.7 Å². The molecular weight excluding hydrogens is 920 g/mol. The summed E-state index contributed by atoms with van der Waals surface area (Å²) in [5, 5.41) is 88.7. The van der Waals surface area contributed by atoms with Crippen molar-refractivity contribution in [2.75, 3.05) is 56.4 Å². The molecule has 2 aromatic rings.